The summed E-state index contributed by atoms with van der Waals surface area (Å²) < 4.78 is 0. The molecule has 3 N–H and O–H groups in total. The largest absolute Gasteiger partial charge is 0.374 e. The molecule has 24 heavy (non-hydrogen) atoms. The molecule has 0 aliphatic carbocycles. The summed E-state index contributed by atoms with van der Waals surface area (Å²) in [6.07, 6.45) is 0. The van der Waals surface area contributed by atoms with Gasteiger partial charge in [-0.05, 0) is 49.4 Å². The highest BCUT2D eigenvalue weighted by atomic mass is 35.5. The van der Waals surface area contributed by atoms with Gasteiger partial charge in [-0.1, -0.05) is 23.2 Å². The Bertz CT molecular complexity index is 748. The van der Waals surface area contributed by atoms with Gasteiger partial charge in [0.25, 0.3) is 0 Å². The molecule has 2 aromatic carbocycles. The van der Waals surface area contributed by atoms with Gasteiger partial charge in [0.05, 0.1) is 10.7 Å². The van der Waals surface area contributed by atoms with Gasteiger partial charge in [0.2, 0.25) is 11.8 Å². The number of carbonyl (C=O) groups is 2. The number of benzene rings is 2. The molecule has 0 spiro atoms. The van der Waals surface area contributed by atoms with Crippen molar-refractivity contribution < 1.29 is 9.59 Å². The van der Waals surface area contributed by atoms with Gasteiger partial charge in [0, 0.05) is 23.3 Å². The van der Waals surface area contributed by atoms with Crippen molar-refractivity contribution in [1.29, 1.82) is 0 Å². The van der Waals surface area contributed by atoms with Crippen LogP contribution >= 0.6 is 23.2 Å². The van der Waals surface area contributed by atoms with E-state index in [-0.39, 0.29) is 11.8 Å². The number of anilines is 3. The second-order valence-corrected chi connectivity index (χ2v) is 6.08. The SMILES string of the molecule is CC(=O)Nc1ccc(NC(C)C(=O)Nc2ccc(Cl)cc2Cl)cc1. The molecule has 0 bridgehead atoms. The molecule has 2 amide bonds. The Morgan fingerprint density at radius 2 is 1.58 bits per heavy atom. The second-order valence-electron chi connectivity index (χ2n) is 5.24. The molecule has 7 heteroatoms. The Hall–Kier alpha value is -2.24. The van der Waals surface area contributed by atoms with Crippen LogP contribution < -0.4 is 16.0 Å². The van der Waals surface area contributed by atoms with Crippen molar-refractivity contribution in [2.24, 2.45) is 0 Å². The lowest BCUT2D eigenvalue weighted by Gasteiger charge is -2.16. The van der Waals surface area contributed by atoms with Crippen LogP contribution in [0.4, 0.5) is 17.1 Å². The maximum Gasteiger partial charge on any atom is 0.246 e. The maximum absolute atomic E-state index is 12.2. The standard InChI is InChI=1S/C17H17Cl2N3O2/c1-10(17(24)22-16-8-3-12(18)9-15(16)19)20-13-4-6-14(7-5-13)21-11(2)23/h3-10,20H,1-2H3,(H,21,23)(H,22,24). The van der Waals surface area contributed by atoms with E-state index in [1.54, 1.807) is 49.4 Å². The number of halogens is 2. The van der Waals surface area contributed by atoms with Crippen molar-refractivity contribution >= 4 is 52.1 Å². The van der Waals surface area contributed by atoms with Crippen molar-refractivity contribution in [2.75, 3.05) is 16.0 Å². The number of amides is 2. The van der Waals surface area contributed by atoms with Crippen LogP contribution in [0.3, 0.4) is 0 Å². The average Bonchev–Trinajstić information content (AvgIpc) is 2.51. The van der Waals surface area contributed by atoms with E-state index in [0.717, 1.165) is 5.69 Å². The van der Waals surface area contributed by atoms with Gasteiger partial charge < -0.3 is 16.0 Å². The summed E-state index contributed by atoms with van der Waals surface area (Å²) in [6.45, 7) is 3.18. The summed E-state index contributed by atoms with van der Waals surface area (Å²) in [5.74, 6) is -0.367. The Kier molecular flexibility index (Phi) is 6.06. The summed E-state index contributed by atoms with van der Waals surface area (Å²) in [5.41, 5.74) is 1.95. The Labute approximate surface area is 150 Å². The van der Waals surface area contributed by atoms with Gasteiger partial charge in [-0.25, -0.2) is 0 Å². The van der Waals surface area contributed by atoms with Crippen LogP contribution in [0.15, 0.2) is 42.5 Å². The lowest BCUT2D eigenvalue weighted by Crippen LogP contribution is -2.31. The number of hydrogen-bond acceptors (Lipinski definition) is 3. The molecule has 0 radical (unpaired) electrons. The van der Waals surface area contributed by atoms with Crippen LogP contribution in [-0.2, 0) is 9.59 Å². The van der Waals surface area contributed by atoms with E-state index < -0.39 is 6.04 Å². The molecule has 0 aliphatic heterocycles. The predicted molar refractivity (Wildman–Crippen MR) is 98.9 cm³/mol. The van der Waals surface area contributed by atoms with Gasteiger partial charge in [0.15, 0.2) is 0 Å². The first-order valence-electron chi connectivity index (χ1n) is 7.25. The first kappa shape index (κ1) is 18.1. The van der Waals surface area contributed by atoms with E-state index in [1.807, 2.05) is 0 Å². The topological polar surface area (TPSA) is 70.2 Å². The number of carbonyl (C=O) groups excluding carboxylic acids is 2. The fraction of sp³-hybridized carbons (Fsp3) is 0.176. The predicted octanol–water partition coefficient (Wildman–Crippen LogP) is 4.39. The zero-order valence-corrected chi connectivity index (χ0v) is 14.7. The fourth-order valence-electron chi connectivity index (χ4n) is 2.00. The van der Waals surface area contributed by atoms with E-state index in [2.05, 4.69) is 16.0 Å². The zero-order chi connectivity index (χ0) is 17.7. The number of nitrogens with one attached hydrogen (secondary N) is 3. The van der Waals surface area contributed by atoms with Crippen LogP contribution in [0.25, 0.3) is 0 Å². The molecule has 126 valence electrons. The summed E-state index contributed by atoms with van der Waals surface area (Å²) in [7, 11) is 0. The van der Waals surface area contributed by atoms with Crippen LogP contribution in [0.5, 0.6) is 0 Å². The van der Waals surface area contributed by atoms with Gasteiger partial charge in [0.1, 0.15) is 6.04 Å². The third-order valence-corrected chi connectivity index (χ3v) is 3.72. The van der Waals surface area contributed by atoms with Crippen molar-refractivity contribution in [1.82, 2.24) is 0 Å². The molecule has 0 aromatic heterocycles. The van der Waals surface area contributed by atoms with Gasteiger partial charge in [-0.3, -0.25) is 9.59 Å². The van der Waals surface area contributed by atoms with Crippen molar-refractivity contribution in [3.8, 4) is 0 Å². The number of rotatable bonds is 5. The normalized spacial score (nSPS) is 11.5. The summed E-state index contributed by atoms with van der Waals surface area (Å²) in [5, 5.41) is 9.39. The maximum atomic E-state index is 12.2. The third-order valence-electron chi connectivity index (χ3n) is 3.17. The summed E-state index contributed by atoms with van der Waals surface area (Å²) in [6, 6.07) is 11.5. The molecule has 1 unspecified atom stereocenters. The molecule has 0 fully saturated rings. The first-order chi connectivity index (χ1) is 11.3. The molecule has 0 aliphatic rings. The van der Waals surface area contributed by atoms with Crippen LogP contribution in [-0.4, -0.2) is 17.9 Å². The molecule has 2 rings (SSSR count). The van der Waals surface area contributed by atoms with Gasteiger partial charge >= 0.3 is 0 Å². The fourth-order valence-corrected chi connectivity index (χ4v) is 2.46. The highest BCUT2D eigenvalue weighted by Gasteiger charge is 2.14. The lowest BCUT2D eigenvalue weighted by atomic mass is 10.2. The Balaban J connectivity index is 1.97. The van der Waals surface area contributed by atoms with Crippen molar-refractivity contribution in [2.45, 2.75) is 19.9 Å². The second kappa shape index (κ2) is 8.04. The minimum Gasteiger partial charge on any atom is -0.374 e. The smallest absolute Gasteiger partial charge is 0.246 e. The summed E-state index contributed by atoms with van der Waals surface area (Å²) >= 11 is 11.9. The Morgan fingerprint density at radius 1 is 0.958 bits per heavy atom. The van der Waals surface area contributed by atoms with E-state index in [9.17, 15) is 9.59 Å². The number of hydrogen-bond donors (Lipinski definition) is 3. The minimum absolute atomic E-state index is 0.136. The molecule has 0 saturated carbocycles. The zero-order valence-electron chi connectivity index (χ0n) is 13.2. The minimum atomic E-state index is -0.483. The third kappa shape index (κ3) is 5.15. The van der Waals surface area contributed by atoms with E-state index in [0.29, 0.717) is 21.4 Å². The molecule has 1 atom stereocenters. The van der Waals surface area contributed by atoms with Crippen LogP contribution in [0, 0.1) is 0 Å². The van der Waals surface area contributed by atoms with E-state index >= 15 is 0 Å². The average molecular weight is 366 g/mol. The van der Waals surface area contributed by atoms with Gasteiger partial charge in [-0.15, -0.1) is 0 Å². The highest BCUT2D eigenvalue weighted by molar-refractivity contribution is 6.36. The highest BCUT2D eigenvalue weighted by Crippen LogP contribution is 2.25. The first-order valence-corrected chi connectivity index (χ1v) is 8.01. The van der Waals surface area contributed by atoms with E-state index in [4.69, 9.17) is 23.2 Å². The molecule has 0 saturated heterocycles. The van der Waals surface area contributed by atoms with Crippen molar-refractivity contribution in [3.63, 3.8) is 0 Å². The Morgan fingerprint density at radius 3 is 2.17 bits per heavy atom. The molecule has 0 heterocycles. The molecule has 2 aromatic rings. The molecular weight excluding hydrogens is 349 g/mol. The van der Waals surface area contributed by atoms with Crippen LogP contribution in [0.2, 0.25) is 10.0 Å². The monoisotopic (exact) mass is 365 g/mol. The lowest BCUT2D eigenvalue weighted by molar-refractivity contribution is -0.116. The molecule has 5 nitrogen and oxygen atoms in total. The van der Waals surface area contributed by atoms with Gasteiger partial charge in [-0.2, -0.15) is 0 Å². The molecular formula is C17H17Cl2N3O2. The van der Waals surface area contributed by atoms with E-state index in [1.165, 1.54) is 6.92 Å². The quantitative estimate of drug-likeness (QED) is 0.735. The summed E-state index contributed by atoms with van der Waals surface area (Å²) in [4.78, 5) is 23.2. The van der Waals surface area contributed by atoms with Crippen LogP contribution in [0.1, 0.15) is 13.8 Å². The van der Waals surface area contributed by atoms with Crippen molar-refractivity contribution in [3.05, 3.63) is 52.5 Å².